The summed E-state index contributed by atoms with van der Waals surface area (Å²) >= 11 is 3.40. The summed E-state index contributed by atoms with van der Waals surface area (Å²) in [5, 5.41) is 11.9. The molecule has 1 amide bonds. The summed E-state index contributed by atoms with van der Waals surface area (Å²) in [4.78, 5) is 12.1. The molecule has 4 heteroatoms. The van der Waals surface area contributed by atoms with Gasteiger partial charge in [0.25, 0.3) is 0 Å². The van der Waals surface area contributed by atoms with Gasteiger partial charge < -0.3 is 10.4 Å². The fraction of sp³-hybridized carbons (Fsp3) is 0.533. The second-order valence-electron chi connectivity index (χ2n) is 4.86. The molecular weight excluding hydrogens is 306 g/mol. The molecule has 0 spiro atoms. The third-order valence-electron chi connectivity index (χ3n) is 3.22. The Balaban J connectivity index is 2.50. The van der Waals surface area contributed by atoms with Crippen LogP contribution in [0.15, 0.2) is 28.7 Å². The molecule has 0 aliphatic rings. The largest absolute Gasteiger partial charge is 0.396 e. The Kier molecular flexibility index (Phi) is 7.10. The van der Waals surface area contributed by atoms with E-state index in [0.717, 1.165) is 22.9 Å². The highest BCUT2D eigenvalue weighted by Gasteiger charge is 2.16. The van der Waals surface area contributed by atoms with Crippen LogP contribution in [-0.2, 0) is 11.2 Å². The van der Waals surface area contributed by atoms with Crippen LogP contribution in [0.5, 0.6) is 0 Å². The molecule has 0 aliphatic carbocycles. The van der Waals surface area contributed by atoms with Gasteiger partial charge in [-0.25, -0.2) is 0 Å². The number of hydrogen-bond donors (Lipinski definition) is 2. The Hall–Kier alpha value is -0.870. The molecule has 0 saturated carbocycles. The van der Waals surface area contributed by atoms with Crippen LogP contribution in [0, 0.1) is 5.92 Å². The molecule has 2 unspecified atom stereocenters. The highest BCUT2D eigenvalue weighted by Crippen LogP contribution is 2.14. The van der Waals surface area contributed by atoms with Crippen LogP contribution >= 0.6 is 15.9 Å². The average Bonchev–Trinajstić information content (AvgIpc) is 2.40. The number of rotatable bonds is 7. The average molecular weight is 328 g/mol. The van der Waals surface area contributed by atoms with Crippen molar-refractivity contribution in [2.75, 3.05) is 6.61 Å². The Morgan fingerprint density at radius 3 is 2.53 bits per heavy atom. The molecule has 0 radical (unpaired) electrons. The smallest absolute Gasteiger partial charge is 0.223 e. The minimum Gasteiger partial charge on any atom is -0.396 e. The summed E-state index contributed by atoms with van der Waals surface area (Å²) in [7, 11) is 0. The second-order valence-corrected chi connectivity index (χ2v) is 5.77. The molecule has 0 aliphatic heterocycles. The molecule has 2 N–H and O–H groups in total. The van der Waals surface area contributed by atoms with Crippen LogP contribution < -0.4 is 5.32 Å². The quantitative estimate of drug-likeness (QED) is 0.809. The lowest BCUT2D eigenvalue weighted by Gasteiger charge is -2.19. The van der Waals surface area contributed by atoms with Crippen molar-refractivity contribution in [3.63, 3.8) is 0 Å². The summed E-state index contributed by atoms with van der Waals surface area (Å²) in [5.41, 5.74) is 1.15. The SMILES string of the molecule is CCC(CCO)NC(=O)C(C)Cc1ccc(Br)cc1. The van der Waals surface area contributed by atoms with Gasteiger partial charge in [-0.15, -0.1) is 0 Å². The fourth-order valence-corrected chi connectivity index (χ4v) is 2.21. The van der Waals surface area contributed by atoms with Crippen molar-refractivity contribution in [1.82, 2.24) is 5.32 Å². The van der Waals surface area contributed by atoms with E-state index in [-0.39, 0.29) is 24.5 Å². The van der Waals surface area contributed by atoms with Crippen molar-refractivity contribution in [2.24, 2.45) is 5.92 Å². The van der Waals surface area contributed by atoms with E-state index in [2.05, 4.69) is 21.2 Å². The summed E-state index contributed by atoms with van der Waals surface area (Å²) in [6.45, 7) is 4.06. The van der Waals surface area contributed by atoms with E-state index >= 15 is 0 Å². The van der Waals surface area contributed by atoms with E-state index < -0.39 is 0 Å². The van der Waals surface area contributed by atoms with E-state index in [1.807, 2.05) is 38.1 Å². The van der Waals surface area contributed by atoms with Gasteiger partial charge in [0.1, 0.15) is 0 Å². The molecule has 2 atom stereocenters. The molecule has 1 aromatic rings. The van der Waals surface area contributed by atoms with Crippen molar-refractivity contribution >= 4 is 21.8 Å². The van der Waals surface area contributed by atoms with E-state index in [0.29, 0.717) is 6.42 Å². The number of hydrogen-bond acceptors (Lipinski definition) is 2. The number of amides is 1. The van der Waals surface area contributed by atoms with E-state index in [1.54, 1.807) is 0 Å². The third kappa shape index (κ3) is 5.74. The van der Waals surface area contributed by atoms with Crippen molar-refractivity contribution in [3.05, 3.63) is 34.3 Å². The highest BCUT2D eigenvalue weighted by molar-refractivity contribution is 9.10. The summed E-state index contributed by atoms with van der Waals surface area (Å²) in [5.74, 6) is -0.00265. The minimum atomic E-state index is -0.0612. The maximum Gasteiger partial charge on any atom is 0.223 e. The van der Waals surface area contributed by atoms with E-state index in [1.165, 1.54) is 0 Å². The lowest BCUT2D eigenvalue weighted by molar-refractivity contribution is -0.125. The summed E-state index contributed by atoms with van der Waals surface area (Å²) in [6.07, 6.45) is 2.19. The van der Waals surface area contributed by atoms with Crippen LogP contribution in [0.3, 0.4) is 0 Å². The third-order valence-corrected chi connectivity index (χ3v) is 3.75. The Morgan fingerprint density at radius 1 is 1.37 bits per heavy atom. The molecule has 0 heterocycles. The Labute approximate surface area is 123 Å². The molecule has 1 rings (SSSR count). The Morgan fingerprint density at radius 2 is 2.00 bits per heavy atom. The van der Waals surface area contributed by atoms with Gasteiger partial charge in [0, 0.05) is 23.0 Å². The Bertz CT molecular complexity index is 392. The predicted octanol–water partition coefficient (Wildman–Crippen LogP) is 2.90. The maximum absolute atomic E-state index is 12.1. The van der Waals surface area contributed by atoms with Gasteiger partial charge in [0.05, 0.1) is 0 Å². The van der Waals surface area contributed by atoms with Gasteiger partial charge in [-0.3, -0.25) is 4.79 Å². The maximum atomic E-state index is 12.1. The zero-order valence-corrected chi connectivity index (χ0v) is 13.1. The molecule has 106 valence electrons. The van der Waals surface area contributed by atoms with Gasteiger partial charge in [0.15, 0.2) is 0 Å². The standard InChI is InChI=1S/C15H22BrNO2/c1-3-14(8-9-18)17-15(19)11(2)10-12-4-6-13(16)7-5-12/h4-7,11,14,18H,3,8-10H2,1-2H3,(H,17,19). The first-order chi connectivity index (χ1) is 9.06. The topological polar surface area (TPSA) is 49.3 Å². The van der Waals surface area contributed by atoms with Crippen molar-refractivity contribution in [1.29, 1.82) is 0 Å². The molecule has 1 aromatic carbocycles. The molecule has 19 heavy (non-hydrogen) atoms. The number of nitrogens with one attached hydrogen (secondary N) is 1. The number of carbonyl (C=O) groups is 1. The van der Waals surface area contributed by atoms with Crippen LogP contribution in [0.2, 0.25) is 0 Å². The minimum absolute atomic E-state index is 0.0585. The van der Waals surface area contributed by atoms with Crippen LogP contribution in [-0.4, -0.2) is 23.7 Å². The molecule has 0 saturated heterocycles. The van der Waals surface area contributed by atoms with Gasteiger partial charge >= 0.3 is 0 Å². The van der Waals surface area contributed by atoms with Crippen molar-refractivity contribution in [3.8, 4) is 0 Å². The van der Waals surface area contributed by atoms with Crippen LogP contribution in [0.4, 0.5) is 0 Å². The first kappa shape index (κ1) is 16.2. The van der Waals surface area contributed by atoms with Gasteiger partial charge in [0.2, 0.25) is 5.91 Å². The zero-order chi connectivity index (χ0) is 14.3. The van der Waals surface area contributed by atoms with Gasteiger partial charge in [-0.2, -0.15) is 0 Å². The number of benzene rings is 1. The lowest BCUT2D eigenvalue weighted by Crippen LogP contribution is -2.38. The lowest BCUT2D eigenvalue weighted by atomic mass is 9.99. The number of carbonyl (C=O) groups excluding carboxylic acids is 1. The highest BCUT2D eigenvalue weighted by atomic mass is 79.9. The first-order valence-corrected chi connectivity index (χ1v) is 7.51. The van der Waals surface area contributed by atoms with Gasteiger partial charge in [-0.05, 0) is 37.0 Å². The molecule has 0 aromatic heterocycles. The van der Waals surface area contributed by atoms with E-state index in [4.69, 9.17) is 5.11 Å². The van der Waals surface area contributed by atoms with Crippen LogP contribution in [0.25, 0.3) is 0 Å². The second kappa shape index (κ2) is 8.33. The van der Waals surface area contributed by atoms with Crippen molar-refractivity contribution < 1.29 is 9.90 Å². The first-order valence-electron chi connectivity index (χ1n) is 6.72. The number of halogens is 1. The summed E-state index contributed by atoms with van der Waals surface area (Å²) < 4.78 is 1.04. The molecule has 3 nitrogen and oxygen atoms in total. The fourth-order valence-electron chi connectivity index (χ4n) is 1.94. The monoisotopic (exact) mass is 327 g/mol. The molecule has 0 fully saturated rings. The van der Waals surface area contributed by atoms with Gasteiger partial charge in [-0.1, -0.05) is 41.9 Å². The predicted molar refractivity (Wildman–Crippen MR) is 80.9 cm³/mol. The number of aliphatic hydroxyl groups excluding tert-OH is 1. The van der Waals surface area contributed by atoms with Crippen molar-refractivity contribution in [2.45, 2.75) is 39.2 Å². The van der Waals surface area contributed by atoms with E-state index in [9.17, 15) is 4.79 Å². The molecule has 0 bridgehead atoms. The summed E-state index contributed by atoms with van der Waals surface area (Å²) in [6, 6.07) is 8.10. The molecular formula is C15H22BrNO2. The number of aliphatic hydroxyl groups is 1. The zero-order valence-electron chi connectivity index (χ0n) is 11.5. The van der Waals surface area contributed by atoms with Crippen LogP contribution in [0.1, 0.15) is 32.3 Å². The normalized spacial score (nSPS) is 13.9.